The summed E-state index contributed by atoms with van der Waals surface area (Å²) < 4.78 is 1.52. The van der Waals surface area contributed by atoms with E-state index in [0.29, 0.717) is 0 Å². The average Bonchev–Trinajstić information content (AvgIpc) is 3.06. The Kier molecular flexibility index (Phi) is 1.69. The summed E-state index contributed by atoms with van der Waals surface area (Å²) in [6.45, 7) is 7.16. The summed E-state index contributed by atoms with van der Waals surface area (Å²) in [4.78, 5) is 0. The second-order valence-electron chi connectivity index (χ2n) is 8.25. The van der Waals surface area contributed by atoms with Crippen LogP contribution in [-0.4, -0.2) is 30.2 Å². The third-order valence-electron chi connectivity index (χ3n) is 8.09. The number of hydrogen-bond donors (Lipinski definition) is 0. The highest BCUT2D eigenvalue weighted by Gasteiger charge is 2.76. The summed E-state index contributed by atoms with van der Waals surface area (Å²) in [5, 5.41) is 0. The van der Waals surface area contributed by atoms with Crippen molar-refractivity contribution in [3.63, 3.8) is 0 Å². The predicted octanol–water partition coefficient (Wildman–Crippen LogP) is 3.36. The minimum absolute atomic E-state index is 0.755. The second kappa shape index (κ2) is 2.90. The Morgan fingerprint density at radius 2 is 1.67 bits per heavy atom. The van der Waals surface area contributed by atoms with Crippen LogP contribution in [0.15, 0.2) is 12.2 Å². The van der Waals surface area contributed by atoms with Gasteiger partial charge in [-0.25, -0.2) is 0 Å². The molecule has 1 heteroatoms. The van der Waals surface area contributed by atoms with Crippen LogP contribution < -0.4 is 0 Å². The summed E-state index contributed by atoms with van der Waals surface area (Å²) in [6, 6.07) is 0.960. The van der Waals surface area contributed by atoms with Crippen LogP contribution in [0.2, 0.25) is 0 Å². The van der Waals surface area contributed by atoms with E-state index in [0.717, 1.165) is 28.7 Å². The minimum Gasteiger partial charge on any atom is -0.320 e. The van der Waals surface area contributed by atoms with Crippen molar-refractivity contribution in [1.29, 1.82) is 0 Å². The molecule has 5 atom stereocenters. The molecule has 2 heterocycles. The molecule has 2 saturated heterocycles. The molecule has 2 aliphatic heterocycles. The van der Waals surface area contributed by atoms with Crippen LogP contribution in [0.5, 0.6) is 0 Å². The smallest absolute Gasteiger partial charge is 0.0864 e. The molecule has 4 unspecified atom stereocenters. The van der Waals surface area contributed by atoms with E-state index in [4.69, 9.17) is 0 Å². The lowest BCUT2D eigenvalue weighted by Gasteiger charge is -2.38. The van der Waals surface area contributed by atoms with Gasteiger partial charge in [0.1, 0.15) is 0 Å². The first-order chi connectivity index (χ1) is 8.71. The average molecular weight is 244 g/mol. The van der Waals surface area contributed by atoms with Gasteiger partial charge in [0.05, 0.1) is 25.7 Å². The van der Waals surface area contributed by atoms with Gasteiger partial charge in [-0.1, -0.05) is 18.6 Å². The molecule has 0 amide bonds. The maximum atomic E-state index is 2.62. The Balaban J connectivity index is 1.65. The topological polar surface area (TPSA) is 0 Å². The summed E-state index contributed by atoms with van der Waals surface area (Å²) in [5.74, 6) is 1.94. The second-order valence-corrected chi connectivity index (χ2v) is 8.25. The van der Waals surface area contributed by atoms with Crippen LogP contribution in [0, 0.1) is 22.7 Å². The van der Waals surface area contributed by atoms with Gasteiger partial charge in [-0.05, 0) is 38.0 Å². The first-order valence-corrected chi connectivity index (χ1v) is 8.25. The lowest BCUT2D eigenvalue weighted by atomic mass is 9.62. The maximum absolute atomic E-state index is 2.62. The van der Waals surface area contributed by atoms with Crippen molar-refractivity contribution in [3.05, 3.63) is 12.2 Å². The van der Waals surface area contributed by atoms with Gasteiger partial charge in [0.2, 0.25) is 0 Å². The lowest BCUT2D eigenvalue weighted by molar-refractivity contribution is -0.932. The molecule has 0 N–H and O–H groups in total. The van der Waals surface area contributed by atoms with Crippen LogP contribution in [0.3, 0.4) is 0 Å². The highest BCUT2D eigenvalue weighted by Crippen LogP contribution is 2.75. The van der Waals surface area contributed by atoms with Crippen LogP contribution in [0.25, 0.3) is 0 Å². The van der Waals surface area contributed by atoms with E-state index >= 15 is 0 Å². The van der Waals surface area contributed by atoms with Crippen LogP contribution in [0.4, 0.5) is 0 Å². The molecule has 2 saturated carbocycles. The molecule has 1 spiro atoms. The predicted molar refractivity (Wildman–Crippen MR) is 73.0 cm³/mol. The third-order valence-corrected chi connectivity index (χ3v) is 8.09. The van der Waals surface area contributed by atoms with E-state index in [1.54, 1.807) is 25.9 Å². The largest absolute Gasteiger partial charge is 0.320 e. The van der Waals surface area contributed by atoms with Crippen LogP contribution in [-0.2, 0) is 0 Å². The molecule has 2 bridgehead atoms. The van der Waals surface area contributed by atoms with Crippen molar-refractivity contribution in [1.82, 2.24) is 0 Å². The van der Waals surface area contributed by atoms with Gasteiger partial charge in [0, 0.05) is 23.7 Å². The Morgan fingerprint density at radius 1 is 1.00 bits per heavy atom. The molecule has 5 aliphatic rings. The highest BCUT2D eigenvalue weighted by atomic mass is 15.4. The number of rotatable bonds is 0. The van der Waals surface area contributed by atoms with Gasteiger partial charge in [-0.3, -0.25) is 0 Å². The molecule has 5 rings (SSSR count). The zero-order chi connectivity index (χ0) is 12.0. The summed E-state index contributed by atoms with van der Waals surface area (Å²) in [5.41, 5.74) is 1.51. The molecule has 0 radical (unpaired) electrons. The molecule has 98 valence electrons. The van der Waals surface area contributed by atoms with E-state index in [2.05, 4.69) is 19.1 Å². The van der Waals surface area contributed by atoms with Crippen molar-refractivity contribution in [2.45, 2.75) is 51.5 Å². The Bertz CT molecular complexity index is 411. The molecule has 0 aromatic heterocycles. The van der Waals surface area contributed by atoms with E-state index in [-0.39, 0.29) is 0 Å². The zero-order valence-electron chi connectivity index (χ0n) is 11.7. The first-order valence-electron chi connectivity index (χ1n) is 8.25. The van der Waals surface area contributed by atoms with Crippen molar-refractivity contribution in [2.75, 3.05) is 19.6 Å². The van der Waals surface area contributed by atoms with Gasteiger partial charge in [-0.15, -0.1) is 0 Å². The quantitative estimate of drug-likeness (QED) is 0.453. The van der Waals surface area contributed by atoms with Crippen LogP contribution >= 0.6 is 0 Å². The van der Waals surface area contributed by atoms with Gasteiger partial charge in [-0.2, -0.15) is 0 Å². The molecule has 3 aliphatic carbocycles. The third kappa shape index (κ3) is 0.863. The van der Waals surface area contributed by atoms with Gasteiger partial charge in [0.25, 0.3) is 0 Å². The monoisotopic (exact) mass is 244 g/mol. The molecular formula is C17H26N+. The zero-order valence-corrected chi connectivity index (χ0v) is 11.7. The number of quaternary nitrogens is 1. The number of nitrogens with zero attached hydrogens (tertiary/aromatic N) is 1. The Hall–Kier alpha value is -0.300. The van der Waals surface area contributed by atoms with Crippen molar-refractivity contribution >= 4 is 0 Å². The van der Waals surface area contributed by atoms with E-state index < -0.39 is 0 Å². The van der Waals surface area contributed by atoms with Gasteiger partial charge < -0.3 is 4.48 Å². The molecule has 1 nitrogen and oxygen atoms in total. The normalized spacial score (nSPS) is 63.9. The fourth-order valence-electron chi connectivity index (χ4n) is 7.40. The van der Waals surface area contributed by atoms with E-state index in [9.17, 15) is 0 Å². The lowest BCUT2D eigenvalue weighted by Crippen LogP contribution is -2.51. The summed E-state index contributed by atoms with van der Waals surface area (Å²) in [7, 11) is 0. The van der Waals surface area contributed by atoms with Crippen molar-refractivity contribution < 1.29 is 4.48 Å². The molecule has 0 aromatic carbocycles. The Morgan fingerprint density at radius 3 is 2.22 bits per heavy atom. The molecule has 4 fully saturated rings. The number of allylic oxidation sites excluding steroid dienone is 2. The van der Waals surface area contributed by atoms with Crippen molar-refractivity contribution in [3.8, 4) is 0 Å². The SMILES string of the molecule is C[C@@H]1CCC[N+]12CC13CCCC1(C2)C1C=CC3C1. The first kappa shape index (κ1) is 10.5. The van der Waals surface area contributed by atoms with Crippen molar-refractivity contribution in [2.24, 2.45) is 22.7 Å². The standard InChI is InChI=1S/C17H26N/c1-13-4-2-9-18(13)11-16-7-3-8-17(16,12-18)15-6-5-14(16)10-15/h5-6,13-15H,2-4,7-12H2,1H3/q+1/t13-,14?,15?,16?,17?,18?/m1/s1. The summed E-state index contributed by atoms with van der Waals surface area (Å²) in [6.07, 6.45) is 14.4. The fraction of sp³-hybridized carbons (Fsp3) is 0.882. The minimum atomic E-state index is 0.755. The number of hydrogen-bond acceptors (Lipinski definition) is 0. The Labute approximate surface area is 111 Å². The summed E-state index contributed by atoms with van der Waals surface area (Å²) >= 11 is 0. The maximum Gasteiger partial charge on any atom is 0.0864 e. The van der Waals surface area contributed by atoms with E-state index in [1.165, 1.54) is 36.7 Å². The molecule has 0 aromatic rings. The van der Waals surface area contributed by atoms with Gasteiger partial charge in [0.15, 0.2) is 0 Å². The molecule has 18 heavy (non-hydrogen) atoms. The number of fused-ring (bicyclic) bond motifs is 2. The fourth-order valence-corrected chi connectivity index (χ4v) is 7.40. The van der Waals surface area contributed by atoms with Crippen LogP contribution in [0.1, 0.15) is 45.4 Å². The van der Waals surface area contributed by atoms with Gasteiger partial charge >= 0.3 is 0 Å². The highest BCUT2D eigenvalue weighted by molar-refractivity contribution is 5.28. The molecular weight excluding hydrogens is 218 g/mol. The van der Waals surface area contributed by atoms with E-state index in [1.807, 2.05) is 0 Å².